The first-order valence-corrected chi connectivity index (χ1v) is 9.62. The van der Waals surface area contributed by atoms with Crippen molar-refractivity contribution >= 4 is 15.9 Å². The molecule has 0 saturated carbocycles. The maximum atomic E-state index is 13.9. The number of piperidine rings is 1. The number of nitrogens with zero attached hydrogens (tertiary/aromatic N) is 1. The second kappa shape index (κ2) is 8.80. The Hall–Kier alpha value is -1.99. The molecule has 2 aromatic rings. The Balaban J connectivity index is 1.93. The van der Waals surface area contributed by atoms with Crippen LogP contribution in [0.2, 0.25) is 0 Å². The van der Waals surface area contributed by atoms with E-state index in [0.29, 0.717) is 12.3 Å². The summed E-state index contributed by atoms with van der Waals surface area (Å²) in [5.74, 6) is -0.725. The predicted molar refractivity (Wildman–Crippen MR) is 104 cm³/mol. The number of aromatic nitrogens is 1. The first-order valence-electron chi connectivity index (χ1n) is 8.83. The minimum absolute atomic E-state index is 0.0959. The Morgan fingerprint density at radius 2 is 2.04 bits per heavy atom. The van der Waals surface area contributed by atoms with Gasteiger partial charge in [-0.15, -0.1) is 6.58 Å². The molecule has 0 spiro atoms. The van der Waals surface area contributed by atoms with Crippen molar-refractivity contribution in [3.63, 3.8) is 0 Å². The number of allylic oxidation sites excluding steroid dienone is 1. The molecule has 0 radical (unpaired) electrons. The molecule has 1 aromatic heterocycles. The molecule has 1 aromatic carbocycles. The molecule has 1 N–H and O–H groups in total. The molecule has 0 bridgehead atoms. The van der Waals surface area contributed by atoms with Gasteiger partial charge < -0.3 is 14.6 Å². The van der Waals surface area contributed by atoms with Gasteiger partial charge in [-0.1, -0.05) is 6.08 Å². The van der Waals surface area contributed by atoms with E-state index in [2.05, 4.69) is 27.8 Å². The maximum absolute atomic E-state index is 13.9. The van der Waals surface area contributed by atoms with Gasteiger partial charge in [-0.25, -0.2) is 8.78 Å². The summed E-state index contributed by atoms with van der Waals surface area (Å²) in [5, 5.41) is 3.31. The molecule has 7 heteroatoms. The van der Waals surface area contributed by atoms with Gasteiger partial charge >= 0.3 is 0 Å². The van der Waals surface area contributed by atoms with Crippen molar-refractivity contribution in [2.24, 2.45) is 0 Å². The number of rotatable bonds is 6. The van der Waals surface area contributed by atoms with Gasteiger partial charge in [0.25, 0.3) is 5.56 Å². The Morgan fingerprint density at radius 1 is 1.30 bits per heavy atom. The SMILES string of the molecule is C=CCn1c(C2CCNCC2)cc(OCc2ccc(F)cc2F)c(Br)c1=O. The van der Waals surface area contributed by atoms with E-state index in [1.165, 1.54) is 12.1 Å². The van der Waals surface area contributed by atoms with Crippen LogP contribution in [0.3, 0.4) is 0 Å². The summed E-state index contributed by atoms with van der Waals surface area (Å²) < 4.78 is 34.6. The molecule has 27 heavy (non-hydrogen) atoms. The molecule has 1 fully saturated rings. The van der Waals surface area contributed by atoms with Crippen LogP contribution in [-0.2, 0) is 13.2 Å². The van der Waals surface area contributed by atoms with Gasteiger partial charge in [-0.3, -0.25) is 4.79 Å². The zero-order valence-electron chi connectivity index (χ0n) is 14.8. The van der Waals surface area contributed by atoms with Gasteiger partial charge in [0.1, 0.15) is 28.5 Å². The smallest absolute Gasteiger partial charge is 0.269 e. The Bertz CT molecular complexity index is 892. The maximum Gasteiger partial charge on any atom is 0.269 e. The van der Waals surface area contributed by atoms with Crippen LogP contribution < -0.4 is 15.6 Å². The van der Waals surface area contributed by atoms with Crippen molar-refractivity contribution in [3.8, 4) is 5.75 Å². The van der Waals surface area contributed by atoms with Crippen LogP contribution in [0.15, 0.2) is 46.2 Å². The van der Waals surface area contributed by atoms with Gasteiger partial charge in [0.2, 0.25) is 0 Å². The summed E-state index contributed by atoms with van der Waals surface area (Å²) >= 11 is 3.30. The highest BCUT2D eigenvalue weighted by atomic mass is 79.9. The molecule has 4 nitrogen and oxygen atoms in total. The predicted octanol–water partition coefficient (Wildman–Crippen LogP) is 4.12. The zero-order valence-corrected chi connectivity index (χ0v) is 16.4. The van der Waals surface area contributed by atoms with Crippen LogP contribution in [0.1, 0.15) is 30.0 Å². The van der Waals surface area contributed by atoms with Crippen LogP contribution in [0.4, 0.5) is 8.78 Å². The molecule has 2 heterocycles. The second-order valence-electron chi connectivity index (χ2n) is 6.50. The van der Waals surface area contributed by atoms with Crippen LogP contribution in [-0.4, -0.2) is 17.7 Å². The van der Waals surface area contributed by atoms with Gasteiger partial charge in [0, 0.05) is 35.9 Å². The normalized spacial score (nSPS) is 14.9. The molecule has 1 aliphatic heterocycles. The van der Waals surface area contributed by atoms with Crippen LogP contribution in [0.5, 0.6) is 5.75 Å². The van der Waals surface area contributed by atoms with Crippen molar-refractivity contribution in [2.45, 2.75) is 31.9 Å². The second-order valence-corrected chi connectivity index (χ2v) is 7.29. The summed E-state index contributed by atoms with van der Waals surface area (Å²) in [6, 6.07) is 5.17. The standard InChI is InChI=1S/C20H21BrF2N2O2/c1-2-9-25-17(13-5-7-24-8-6-13)11-18(19(21)20(25)26)27-12-14-3-4-15(22)10-16(14)23/h2-4,10-11,13,24H,1,5-9,12H2. The topological polar surface area (TPSA) is 43.3 Å². The number of halogens is 3. The van der Waals surface area contributed by atoms with Crippen molar-refractivity contribution in [2.75, 3.05) is 13.1 Å². The number of hydrogen-bond donors (Lipinski definition) is 1. The monoisotopic (exact) mass is 438 g/mol. The summed E-state index contributed by atoms with van der Waals surface area (Å²) in [5.41, 5.74) is 0.904. The highest BCUT2D eigenvalue weighted by Gasteiger charge is 2.22. The molecule has 0 atom stereocenters. The molecule has 0 aliphatic carbocycles. The van der Waals surface area contributed by atoms with E-state index in [1.54, 1.807) is 10.6 Å². The quantitative estimate of drug-likeness (QED) is 0.689. The van der Waals surface area contributed by atoms with E-state index in [1.807, 2.05) is 6.07 Å². The van der Waals surface area contributed by atoms with Gasteiger partial charge in [-0.2, -0.15) is 0 Å². The first kappa shape index (κ1) is 19.8. The number of benzene rings is 1. The van der Waals surface area contributed by atoms with E-state index < -0.39 is 11.6 Å². The molecule has 0 amide bonds. The summed E-state index contributed by atoms with van der Waals surface area (Å²) in [7, 11) is 0. The van der Waals surface area contributed by atoms with Crippen LogP contribution in [0.25, 0.3) is 0 Å². The zero-order chi connectivity index (χ0) is 19.4. The fourth-order valence-corrected chi connectivity index (χ4v) is 3.73. The third-order valence-corrected chi connectivity index (χ3v) is 5.44. The average molecular weight is 439 g/mol. The van der Waals surface area contributed by atoms with E-state index in [4.69, 9.17) is 4.74 Å². The highest BCUT2D eigenvalue weighted by Crippen LogP contribution is 2.31. The molecular formula is C20H21BrF2N2O2. The fraction of sp³-hybridized carbons (Fsp3) is 0.350. The third-order valence-electron chi connectivity index (χ3n) is 4.71. The molecule has 1 aliphatic rings. The van der Waals surface area contributed by atoms with Gasteiger partial charge in [0.05, 0.1) is 0 Å². The molecular weight excluding hydrogens is 418 g/mol. The van der Waals surface area contributed by atoms with Crippen LogP contribution in [0, 0.1) is 11.6 Å². The lowest BCUT2D eigenvalue weighted by atomic mass is 9.93. The van der Waals surface area contributed by atoms with Gasteiger partial charge in [-0.05, 0) is 54.0 Å². The Kier molecular flexibility index (Phi) is 6.44. The van der Waals surface area contributed by atoms with Gasteiger partial charge in [0.15, 0.2) is 0 Å². The summed E-state index contributed by atoms with van der Waals surface area (Å²) in [4.78, 5) is 12.8. The molecule has 1 saturated heterocycles. The van der Waals surface area contributed by atoms with E-state index in [9.17, 15) is 13.6 Å². The molecule has 3 rings (SSSR count). The fourth-order valence-electron chi connectivity index (χ4n) is 3.29. The lowest BCUT2D eigenvalue weighted by Crippen LogP contribution is -2.31. The van der Waals surface area contributed by atoms with Crippen molar-refractivity contribution < 1.29 is 13.5 Å². The number of hydrogen-bond acceptors (Lipinski definition) is 3. The first-order chi connectivity index (χ1) is 13.0. The Morgan fingerprint density at radius 3 is 2.70 bits per heavy atom. The lowest BCUT2D eigenvalue weighted by molar-refractivity contribution is 0.294. The minimum Gasteiger partial charge on any atom is -0.487 e. The lowest BCUT2D eigenvalue weighted by Gasteiger charge is -2.26. The number of pyridine rings is 1. The molecule has 0 unspecified atom stereocenters. The number of ether oxygens (including phenoxy) is 1. The number of nitrogens with one attached hydrogen (secondary N) is 1. The van der Waals surface area contributed by atoms with E-state index in [0.717, 1.165) is 37.7 Å². The van der Waals surface area contributed by atoms with Crippen molar-refractivity contribution in [1.29, 1.82) is 0 Å². The average Bonchev–Trinajstić information content (AvgIpc) is 2.67. The van der Waals surface area contributed by atoms with Crippen LogP contribution >= 0.6 is 15.9 Å². The molecule has 144 valence electrons. The largest absolute Gasteiger partial charge is 0.487 e. The summed E-state index contributed by atoms with van der Waals surface area (Å²) in [6.45, 7) is 5.83. The van der Waals surface area contributed by atoms with E-state index >= 15 is 0 Å². The van der Waals surface area contributed by atoms with Crippen molar-refractivity contribution in [1.82, 2.24) is 9.88 Å². The van der Waals surface area contributed by atoms with Crippen molar-refractivity contribution in [3.05, 3.63) is 74.6 Å². The highest BCUT2D eigenvalue weighted by molar-refractivity contribution is 9.10. The summed E-state index contributed by atoms with van der Waals surface area (Å²) in [6.07, 6.45) is 3.53. The minimum atomic E-state index is -0.676. The third kappa shape index (κ3) is 4.47. The Labute approximate surface area is 165 Å². The van der Waals surface area contributed by atoms with E-state index in [-0.39, 0.29) is 28.1 Å².